The van der Waals surface area contributed by atoms with E-state index in [0.29, 0.717) is 0 Å². The van der Waals surface area contributed by atoms with E-state index in [0.717, 1.165) is 21.3 Å². The van der Waals surface area contributed by atoms with E-state index in [9.17, 15) is 0 Å². The highest BCUT2D eigenvalue weighted by atomic mass is 79.9. The van der Waals surface area contributed by atoms with Gasteiger partial charge in [-0.05, 0) is 28.1 Å². The Morgan fingerprint density at radius 2 is 2.23 bits per heavy atom. The Kier molecular flexibility index (Phi) is 2.17. The van der Waals surface area contributed by atoms with Crippen LogP contribution in [0.25, 0.3) is 10.1 Å². The molecular formula is C9H8BrNOS. The highest BCUT2D eigenvalue weighted by Gasteiger charge is 2.06. The Morgan fingerprint density at radius 1 is 1.46 bits per heavy atom. The van der Waals surface area contributed by atoms with E-state index in [4.69, 9.17) is 10.5 Å². The lowest BCUT2D eigenvalue weighted by Gasteiger charge is -2.02. The molecule has 2 nitrogen and oxygen atoms in total. The maximum atomic E-state index is 5.79. The second-order valence-electron chi connectivity index (χ2n) is 2.67. The van der Waals surface area contributed by atoms with Gasteiger partial charge in [0, 0.05) is 15.5 Å². The number of methoxy groups -OCH3 is 1. The summed E-state index contributed by atoms with van der Waals surface area (Å²) in [7, 11) is 1.65. The lowest BCUT2D eigenvalue weighted by Crippen LogP contribution is -1.85. The van der Waals surface area contributed by atoms with Crippen molar-refractivity contribution < 1.29 is 4.74 Å². The number of rotatable bonds is 1. The van der Waals surface area contributed by atoms with Crippen molar-refractivity contribution in [3.8, 4) is 5.75 Å². The van der Waals surface area contributed by atoms with Crippen LogP contribution < -0.4 is 10.5 Å². The molecule has 0 fully saturated rings. The lowest BCUT2D eigenvalue weighted by atomic mass is 10.2. The molecule has 0 spiro atoms. The van der Waals surface area contributed by atoms with Crippen molar-refractivity contribution in [1.82, 2.24) is 0 Å². The first kappa shape index (κ1) is 8.84. The average Bonchev–Trinajstić information content (AvgIpc) is 2.46. The summed E-state index contributed by atoms with van der Waals surface area (Å²) in [6, 6.07) is 3.97. The average molecular weight is 258 g/mol. The molecule has 0 saturated heterocycles. The molecule has 0 bridgehead atoms. The predicted molar refractivity (Wildman–Crippen MR) is 60.5 cm³/mol. The largest absolute Gasteiger partial charge is 0.496 e. The zero-order chi connectivity index (χ0) is 9.42. The summed E-state index contributed by atoms with van der Waals surface area (Å²) in [6.45, 7) is 0. The summed E-state index contributed by atoms with van der Waals surface area (Å²) in [5, 5.41) is 3.00. The van der Waals surface area contributed by atoms with Gasteiger partial charge in [-0.15, -0.1) is 11.3 Å². The molecule has 4 heteroatoms. The summed E-state index contributed by atoms with van der Waals surface area (Å²) >= 11 is 5.06. The molecule has 1 heterocycles. The fraction of sp³-hybridized carbons (Fsp3) is 0.111. The van der Waals surface area contributed by atoms with Crippen molar-refractivity contribution >= 4 is 43.0 Å². The van der Waals surface area contributed by atoms with Crippen LogP contribution in [0.15, 0.2) is 22.0 Å². The third kappa shape index (κ3) is 1.40. The van der Waals surface area contributed by atoms with Crippen LogP contribution in [0.4, 0.5) is 5.69 Å². The van der Waals surface area contributed by atoms with Gasteiger partial charge in [0.2, 0.25) is 0 Å². The fourth-order valence-electron chi connectivity index (χ4n) is 1.21. The van der Waals surface area contributed by atoms with Gasteiger partial charge in [-0.3, -0.25) is 0 Å². The van der Waals surface area contributed by atoms with E-state index in [1.165, 1.54) is 4.70 Å². The first-order valence-corrected chi connectivity index (χ1v) is 5.40. The maximum absolute atomic E-state index is 5.79. The molecule has 2 rings (SSSR count). The van der Waals surface area contributed by atoms with Crippen LogP contribution in [0.3, 0.4) is 0 Å². The minimum absolute atomic E-state index is 0.811. The van der Waals surface area contributed by atoms with Crippen LogP contribution in [-0.2, 0) is 0 Å². The van der Waals surface area contributed by atoms with Gasteiger partial charge in [0.1, 0.15) is 5.75 Å². The van der Waals surface area contributed by atoms with Gasteiger partial charge in [-0.25, -0.2) is 0 Å². The Morgan fingerprint density at radius 3 is 2.92 bits per heavy atom. The molecule has 1 aromatic carbocycles. The number of thiophene rings is 1. The number of ether oxygens (including phenoxy) is 1. The second kappa shape index (κ2) is 3.20. The van der Waals surface area contributed by atoms with Gasteiger partial charge in [0.15, 0.2) is 0 Å². The molecule has 2 aromatic rings. The Balaban J connectivity index is 2.77. The van der Waals surface area contributed by atoms with Gasteiger partial charge in [0.25, 0.3) is 0 Å². The quantitative estimate of drug-likeness (QED) is 0.852. The lowest BCUT2D eigenvalue weighted by molar-refractivity contribution is 0.413. The molecular weight excluding hydrogens is 250 g/mol. The normalized spacial score (nSPS) is 10.6. The number of fused-ring (bicyclic) bond motifs is 1. The standard InChI is InChI=1S/C9H8BrNOS/c1-12-8-2-5-7(11)4-13-9(5)3-6(8)10/h2-4H,11H2,1H3. The number of benzene rings is 1. The number of anilines is 1. The first-order valence-electron chi connectivity index (χ1n) is 3.72. The van der Waals surface area contributed by atoms with Crippen LogP contribution in [0.1, 0.15) is 0 Å². The molecule has 0 saturated carbocycles. The molecule has 0 radical (unpaired) electrons. The van der Waals surface area contributed by atoms with E-state index in [1.807, 2.05) is 17.5 Å². The van der Waals surface area contributed by atoms with E-state index in [1.54, 1.807) is 18.4 Å². The smallest absolute Gasteiger partial charge is 0.133 e. The molecule has 0 unspecified atom stereocenters. The number of nitrogen functional groups attached to an aromatic ring is 1. The summed E-state index contributed by atoms with van der Waals surface area (Å²) in [5.74, 6) is 0.817. The Bertz CT molecular complexity index is 452. The Hall–Kier alpha value is -0.740. The molecule has 0 aliphatic carbocycles. The molecule has 68 valence electrons. The van der Waals surface area contributed by atoms with Gasteiger partial charge < -0.3 is 10.5 Å². The molecule has 0 amide bonds. The van der Waals surface area contributed by atoms with Crippen molar-refractivity contribution in [2.24, 2.45) is 0 Å². The summed E-state index contributed by atoms with van der Waals surface area (Å²) in [6.07, 6.45) is 0. The third-order valence-corrected chi connectivity index (χ3v) is 3.46. The van der Waals surface area contributed by atoms with Gasteiger partial charge in [-0.1, -0.05) is 0 Å². The summed E-state index contributed by atoms with van der Waals surface area (Å²) < 4.78 is 7.31. The van der Waals surface area contributed by atoms with Crippen molar-refractivity contribution in [3.05, 3.63) is 22.0 Å². The summed E-state index contributed by atoms with van der Waals surface area (Å²) in [5.41, 5.74) is 6.60. The number of hydrogen-bond acceptors (Lipinski definition) is 3. The summed E-state index contributed by atoms with van der Waals surface area (Å²) in [4.78, 5) is 0. The molecule has 0 aliphatic heterocycles. The number of nitrogens with two attached hydrogens (primary N) is 1. The molecule has 2 N–H and O–H groups in total. The second-order valence-corrected chi connectivity index (χ2v) is 4.44. The zero-order valence-electron chi connectivity index (χ0n) is 7.00. The SMILES string of the molecule is COc1cc2c(N)csc2cc1Br. The topological polar surface area (TPSA) is 35.2 Å². The van der Waals surface area contributed by atoms with E-state index >= 15 is 0 Å². The molecule has 1 aromatic heterocycles. The van der Waals surface area contributed by atoms with Crippen LogP contribution in [0.2, 0.25) is 0 Å². The van der Waals surface area contributed by atoms with Crippen LogP contribution in [0, 0.1) is 0 Å². The van der Waals surface area contributed by atoms with Crippen molar-refractivity contribution in [2.75, 3.05) is 12.8 Å². The van der Waals surface area contributed by atoms with Crippen LogP contribution in [-0.4, -0.2) is 7.11 Å². The van der Waals surface area contributed by atoms with E-state index in [-0.39, 0.29) is 0 Å². The van der Waals surface area contributed by atoms with Crippen LogP contribution in [0.5, 0.6) is 5.75 Å². The highest BCUT2D eigenvalue weighted by molar-refractivity contribution is 9.10. The number of halogens is 1. The monoisotopic (exact) mass is 257 g/mol. The number of hydrogen-bond donors (Lipinski definition) is 1. The van der Waals surface area contributed by atoms with E-state index in [2.05, 4.69) is 15.9 Å². The minimum atomic E-state index is 0.811. The zero-order valence-corrected chi connectivity index (χ0v) is 9.41. The molecule has 0 atom stereocenters. The van der Waals surface area contributed by atoms with Gasteiger partial charge in [-0.2, -0.15) is 0 Å². The van der Waals surface area contributed by atoms with Gasteiger partial charge >= 0.3 is 0 Å². The highest BCUT2D eigenvalue weighted by Crippen LogP contribution is 2.36. The maximum Gasteiger partial charge on any atom is 0.133 e. The molecule has 0 aliphatic rings. The minimum Gasteiger partial charge on any atom is -0.496 e. The van der Waals surface area contributed by atoms with Gasteiger partial charge in [0.05, 0.1) is 17.3 Å². The fourth-order valence-corrected chi connectivity index (χ4v) is 2.73. The van der Waals surface area contributed by atoms with Crippen LogP contribution >= 0.6 is 27.3 Å². The van der Waals surface area contributed by atoms with Crippen molar-refractivity contribution in [2.45, 2.75) is 0 Å². The third-order valence-electron chi connectivity index (χ3n) is 1.88. The Labute approximate surface area is 88.4 Å². The van der Waals surface area contributed by atoms with Crippen molar-refractivity contribution in [3.63, 3.8) is 0 Å². The molecule has 13 heavy (non-hydrogen) atoms. The van der Waals surface area contributed by atoms with E-state index < -0.39 is 0 Å². The van der Waals surface area contributed by atoms with Crippen molar-refractivity contribution in [1.29, 1.82) is 0 Å². The predicted octanol–water partition coefficient (Wildman–Crippen LogP) is 3.25. The first-order chi connectivity index (χ1) is 6.22.